The normalized spacial score (nSPS) is 10.7. The van der Waals surface area contributed by atoms with Crippen molar-refractivity contribution in [1.82, 2.24) is 4.98 Å². The van der Waals surface area contributed by atoms with Crippen LogP contribution >= 0.6 is 11.3 Å². The molecule has 0 bridgehead atoms. The number of anilines is 1. The van der Waals surface area contributed by atoms with Gasteiger partial charge < -0.3 is 10.4 Å². The maximum absolute atomic E-state index is 10.8. The fourth-order valence-corrected chi connectivity index (χ4v) is 2.10. The summed E-state index contributed by atoms with van der Waals surface area (Å²) < 4.78 is 0. The van der Waals surface area contributed by atoms with Gasteiger partial charge in [0.2, 0.25) is 0 Å². The summed E-state index contributed by atoms with van der Waals surface area (Å²) >= 11 is 1.34. The number of thiazole rings is 1. The molecule has 0 spiro atoms. The Morgan fingerprint density at radius 3 is 2.94 bits per heavy atom. The van der Waals surface area contributed by atoms with Crippen LogP contribution in [0.15, 0.2) is 5.51 Å². The van der Waals surface area contributed by atoms with Gasteiger partial charge in [0.1, 0.15) is 5.00 Å². The number of aromatic carboxylic acids is 1. The predicted molar refractivity (Wildman–Crippen MR) is 66.3 cm³/mol. The van der Waals surface area contributed by atoms with E-state index in [1.54, 1.807) is 5.51 Å². The average molecular weight is 242 g/mol. The SMILES string of the molecule is CC(C)CCCCNc1scnc1C(=O)O. The van der Waals surface area contributed by atoms with Crippen LogP contribution in [0.1, 0.15) is 43.6 Å². The highest BCUT2D eigenvalue weighted by Crippen LogP contribution is 2.20. The van der Waals surface area contributed by atoms with E-state index in [1.807, 2.05) is 0 Å². The second-order valence-electron chi connectivity index (χ2n) is 4.15. The summed E-state index contributed by atoms with van der Waals surface area (Å²) in [5.41, 5.74) is 1.69. The van der Waals surface area contributed by atoms with Crippen molar-refractivity contribution in [2.45, 2.75) is 33.1 Å². The highest BCUT2D eigenvalue weighted by Gasteiger charge is 2.12. The molecule has 0 amide bonds. The summed E-state index contributed by atoms with van der Waals surface area (Å²) in [5, 5.41) is 12.6. The minimum atomic E-state index is -0.967. The van der Waals surface area contributed by atoms with Crippen LogP contribution < -0.4 is 5.32 Å². The number of nitrogens with zero attached hydrogens (tertiary/aromatic N) is 1. The third-order valence-corrected chi connectivity index (χ3v) is 3.05. The molecule has 0 atom stereocenters. The van der Waals surface area contributed by atoms with Crippen LogP contribution in [-0.2, 0) is 0 Å². The fourth-order valence-electron chi connectivity index (χ4n) is 1.40. The zero-order valence-electron chi connectivity index (χ0n) is 9.69. The number of aromatic nitrogens is 1. The first-order valence-electron chi connectivity index (χ1n) is 5.52. The first kappa shape index (κ1) is 13.0. The number of nitrogens with one attached hydrogen (secondary N) is 1. The van der Waals surface area contributed by atoms with Gasteiger partial charge in [0.05, 0.1) is 5.51 Å². The molecule has 0 aliphatic heterocycles. The van der Waals surface area contributed by atoms with Crippen LogP contribution in [0, 0.1) is 5.92 Å². The number of hydrogen-bond donors (Lipinski definition) is 2. The third-order valence-electron chi connectivity index (χ3n) is 2.26. The smallest absolute Gasteiger partial charge is 0.357 e. The van der Waals surface area contributed by atoms with E-state index in [0.717, 1.165) is 18.9 Å². The lowest BCUT2D eigenvalue weighted by molar-refractivity contribution is 0.0692. The van der Waals surface area contributed by atoms with Crippen molar-refractivity contribution in [2.75, 3.05) is 11.9 Å². The molecule has 5 heteroatoms. The number of carboxylic acids is 1. The van der Waals surface area contributed by atoms with E-state index in [4.69, 9.17) is 5.11 Å². The monoisotopic (exact) mass is 242 g/mol. The molecule has 0 fully saturated rings. The molecule has 0 radical (unpaired) electrons. The summed E-state index contributed by atoms with van der Waals surface area (Å²) in [6, 6.07) is 0. The molecule has 0 saturated carbocycles. The van der Waals surface area contributed by atoms with Gasteiger partial charge in [0.25, 0.3) is 0 Å². The molecule has 1 rings (SSSR count). The van der Waals surface area contributed by atoms with E-state index in [0.29, 0.717) is 5.00 Å². The van der Waals surface area contributed by atoms with Gasteiger partial charge in [0, 0.05) is 6.54 Å². The van der Waals surface area contributed by atoms with Crippen molar-refractivity contribution in [3.8, 4) is 0 Å². The second-order valence-corrected chi connectivity index (χ2v) is 5.01. The molecular formula is C11H18N2O2S. The minimum Gasteiger partial charge on any atom is -0.476 e. The Balaban J connectivity index is 2.27. The molecule has 2 N–H and O–H groups in total. The quantitative estimate of drug-likeness (QED) is 0.721. The summed E-state index contributed by atoms with van der Waals surface area (Å²) in [4.78, 5) is 14.6. The number of hydrogen-bond acceptors (Lipinski definition) is 4. The maximum atomic E-state index is 10.8. The van der Waals surface area contributed by atoms with Crippen molar-refractivity contribution in [3.05, 3.63) is 11.2 Å². The summed E-state index contributed by atoms with van der Waals surface area (Å²) in [6.07, 6.45) is 3.46. The van der Waals surface area contributed by atoms with Gasteiger partial charge in [-0.05, 0) is 12.3 Å². The lowest BCUT2D eigenvalue weighted by Crippen LogP contribution is -2.06. The Morgan fingerprint density at radius 2 is 2.31 bits per heavy atom. The standard InChI is InChI=1S/C11H18N2O2S/c1-8(2)5-3-4-6-12-10-9(11(14)15)13-7-16-10/h7-8,12H,3-6H2,1-2H3,(H,14,15). The summed E-state index contributed by atoms with van der Waals surface area (Å²) in [6.45, 7) is 5.23. The predicted octanol–water partition coefficient (Wildman–Crippen LogP) is 3.08. The molecule has 0 unspecified atom stereocenters. The Labute approximate surface area is 99.7 Å². The first-order chi connectivity index (χ1) is 7.61. The highest BCUT2D eigenvalue weighted by atomic mass is 32.1. The van der Waals surface area contributed by atoms with Crippen molar-refractivity contribution < 1.29 is 9.90 Å². The lowest BCUT2D eigenvalue weighted by atomic mass is 10.1. The van der Waals surface area contributed by atoms with E-state index in [9.17, 15) is 4.79 Å². The van der Waals surface area contributed by atoms with Gasteiger partial charge >= 0.3 is 5.97 Å². The van der Waals surface area contributed by atoms with E-state index < -0.39 is 5.97 Å². The Bertz CT molecular complexity index is 336. The van der Waals surface area contributed by atoms with Gasteiger partial charge in [-0.25, -0.2) is 9.78 Å². The second kappa shape index (κ2) is 6.48. The van der Waals surface area contributed by atoms with E-state index >= 15 is 0 Å². The average Bonchev–Trinajstić information content (AvgIpc) is 2.65. The molecule has 16 heavy (non-hydrogen) atoms. The largest absolute Gasteiger partial charge is 0.476 e. The summed E-state index contributed by atoms with van der Waals surface area (Å²) in [7, 11) is 0. The topological polar surface area (TPSA) is 62.2 Å². The van der Waals surface area contributed by atoms with E-state index in [-0.39, 0.29) is 5.69 Å². The molecule has 1 aromatic rings. The number of carbonyl (C=O) groups is 1. The van der Waals surface area contributed by atoms with Gasteiger partial charge in [-0.15, -0.1) is 11.3 Å². The van der Waals surface area contributed by atoms with Gasteiger partial charge in [-0.3, -0.25) is 0 Å². The molecule has 0 aromatic carbocycles. The molecule has 1 aromatic heterocycles. The third kappa shape index (κ3) is 4.18. The van der Waals surface area contributed by atoms with Crippen LogP contribution in [-0.4, -0.2) is 22.6 Å². The van der Waals surface area contributed by atoms with Gasteiger partial charge in [0.15, 0.2) is 5.69 Å². The number of unbranched alkanes of at least 4 members (excludes halogenated alkanes) is 1. The van der Waals surface area contributed by atoms with Crippen LogP contribution in [0.4, 0.5) is 5.00 Å². The fraction of sp³-hybridized carbons (Fsp3) is 0.636. The van der Waals surface area contributed by atoms with Crippen LogP contribution in [0.3, 0.4) is 0 Å². The summed E-state index contributed by atoms with van der Waals surface area (Å²) in [5.74, 6) is -0.232. The van der Waals surface area contributed by atoms with Gasteiger partial charge in [-0.1, -0.05) is 26.7 Å². The van der Waals surface area contributed by atoms with Crippen LogP contribution in [0.2, 0.25) is 0 Å². The van der Waals surface area contributed by atoms with Crippen molar-refractivity contribution in [3.63, 3.8) is 0 Å². The Morgan fingerprint density at radius 1 is 1.56 bits per heavy atom. The molecule has 0 saturated heterocycles. The van der Waals surface area contributed by atoms with Crippen molar-refractivity contribution in [1.29, 1.82) is 0 Å². The van der Waals surface area contributed by atoms with Crippen LogP contribution in [0.5, 0.6) is 0 Å². The van der Waals surface area contributed by atoms with Gasteiger partial charge in [-0.2, -0.15) is 0 Å². The molecular weight excluding hydrogens is 224 g/mol. The van der Waals surface area contributed by atoms with Crippen molar-refractivity contribution >= 4 is 22.3 Å². The Hall–Kier alpha value is -1.10. The zero-order valence-corrected chi connectivity index (χ0v) is 10.5. The maximum Gasteiger partial charge on any atom is 0.357 e. The zero-order chi connectivity index (χ0) is 12.0. The lowest BCUT2D eigenvalue weighted by Gasteiger charge is -2.06. The van der Waals surface area contributed by atoms with Crippen molar-refractivity contribution in [2.24, 2.45) is 5.92 Å². The number of rotatable bonds is 7. The number of carboxylic acid groups (broad SMARTS) is 1. The molecule has 90 valence electrons. The van der Waals surface area contributed by atoms with Crippen LogP contribution in [0.25, 0.3) is 0 Å². The highest BCUT2D eigenvalue weighted by molar-refractivity contribution is 7.14. The molecule has 0 aliphatic carbocycles. The van der Waals surface area contributed by atoms with E-state index in [1.165, 1.54) is 24.2 Å². The molecule has 0 aliphatic rings. The molecule has 4 nitrogen and oxygen atoms in total. The first-order valence-corrected chi connectivity index (χ1v) is 6.40. The molecule has 1 heterocycles. The Kier molecular flexibility index (Phi) is 5.25. The minimum absolute atomic E-state index is 0.133. The van der Waals surface area contributed by atoms with E-state index in [2.05, 4.69) is 24.1 Å².